The highest BCUT2D eigenvalue weighted by molar-refractivity contribution is 5.77. The van der Waals surface area contributed by atoms with Gasteiger partial charge in [-0.25, -0.2) is 0 Å². The van der Waals surface area contributed by atoms with E-state index >= 15 is 0 Å². The molecule has 5 nitrogen and oxygen atoms in total. The normalized spacial score (nSPS) is 15.6. The standard InChI is InChI=1S/C21H32N2O3/c1-3-9-18-10-11-19(20(16-18)25-2)26-17-21(24)22-12-8-15-23-13-6-4-5-7-14-23/h3,9-11,16H,4-8,12-15,17H2,1-2H3,(H,22,24). The Labute approximate surface area is 157 Å². The number of nitrogens with one attached hydrogen (secondary N) is 1. The lowest BCUT2D eigenvalue weighted by molar-refractivity contribution is -0.123. The van der Waals surface area contributed by atoms with Crippen LogP contribution in [0.4, 0.5) is 0 Å². The number of hydrogen-bond acceptors (Lipinski definition) is 4. The quantitative estimate of drug-likeness (QED) is 0.685. The summed E-state index contributed by atoms with van der Waals surface area (Å²) in [5.41, 5.74) is 1.04. The van der Waals surface area contributed by atoms with E-state index in [-0.39, 0.29) is 12.5 Å². The van der Waals surface area contributed by atoms with Crippen molar-refractivity contribution in [3.63, 3.8) is 0 Å². The Morgan fingerprint density at radius 2 is 1.96 bits per heavy atom. The third kappa shape index (κ3) is 7.08. The van der Waals surface area contributed by atoms with E-state index in [2.05, 4.69) is 10.2 Å². The van der Waals surface area contributed by atoms with E-state index in [4.69, 9.17) is 9.47 Å². The van der Waals surface area contributed by atoms with Gasteiger partial charge in [0.25, 0.3) is 5.91 Å². The first-order chi connectivity index (χ1) is 12.7. The molecule has 0 aliphatic carbocycles. The zero-order valence-corrected chi connectivity index (χ0v) is 16.1. The molecule has 144 valence electrons. The maximum atomic E-state index is 12.0. The topological polar surface area (TPSA) is 50.8 Å². The van der Waals surface area contributed by atoms with Gasteiger partial charge in [-0.2, -0.15) is 0 Å². The summed E-state index contributed by atoms with van der Waals surface area (Å²) < 4.78 is 11.0. The second-order valence-electron chi connectivity index (χ2n) is 6.66. The lowest BCUT2D eigenvalue weighted by Crippen LogP contribution is -2.33. The number of likely N-dealkylation sites (tertiary alicyclic amines) is 1. The highest BCUT2D eigenvalue weighted by Crippen LogP contribution is 2.28. The predicted octanol–water partition coefficient (Wildman–Crippen LogP) is 3.49. The first-order valence-electron chi connectivity index (χ1n) is 9.65. The number of allylic oxidation sites excluding steroid dienone is 1. The van der Waals surface area contributed by atoms with E-state index in [1.807, 2.05) is 37.3 Å². The van der Waals surface area contributed by atoms with Gasteiger partial charge in [0.1, 0.15) is 0 Å². The van der Waals surface area contributed by atoms with Crippen LogP contribution < -0.4 is 14.8 Å². The molecular formula is C21H32N2O3. The number of nitrogens with zero attached hydrogens (tertiary/aromatic N) is 1. The van der Waals surface area contributed by atoms with Gasteiger partial charge in [-0.05, 0) is 63.5 Å². The van der Waals surface area contributed by atoms with Crippen LogP contribution in [0.15, 0.2) is 24.3 Å². The zero-order valence-electron chi connectivity index (χ0n) is 16.1. The SMILES string of the molecule is CC=Cc1ccc(OCC(=O)NCCCN2CCCCCC2)c(OC)c1. The third-order valence-electron chi connectivity index (χ3n) is 4.58. The van der Waals surface area contributed by atoms with Gasteiger partial charge in [0, 0.05) is 6.54 Å². The van der Waals surface area contributed by atoms with E-state index < -0.39 is 0 Å². The van der Waals surface area contributed by atoms with Crippen LogP contribution in [-0.4, -0.2) is 50.7 Å². The van der Waals surface area contributed by atoms with Gasteiger partial charge in [-0.15, -0.1) is 0 Å². The molecule has 5 heteroatoms. The number of amides is 1. The molecule has 0 aromatic heterocycles. The first-order valence-corrected chi connectivity index (χ1v) is 9.65. The Morgan fingerprint density at radius 1 is 1.19 bits per heavy atom. The van der Waals surface area contributed by atoms with Gasteiger partial charge in [0.05, 0.1) is 7.11 Å². The monoisotopic (exact) mass is 360 g/mol. The highest BCUT2D eigenvalue weighted by Gasteiger charge is 2.10. The number of ether oxygens (including phenoxy) is 2. The molecule has 1 aromatic carbocycles. The summed E-state index contributed by atoms with van der Waals surface area (Å²) in [6.45, 7) is 6.11. The molecule has 1 heterocycles. The van der Waals surface area contributed by atoms with Gasteiger partial charge in [-0.3, -0.25) is 4.79 Å². The second-order valence-corrected chi connectivity index (χ2v) is 6.66. The third-order valence-corrected chi connectivity index (χ3v) is 4.58. The van der Waals surface area contributed by atoms with Gasteiger partial charge in [-0.1, -0.05) is 31.1 Å². The number of benzene rings is 1. The molecule has 0 unspecified atom stereocenters. The molecular weight excluding hydrogens is 328 g/mol. The Bertz CT molecular complexity index is 579. The molecule has 0 radical (unpaired) electrons. The Kier molecular flexibility index (Phi) is 9.04. The van der Waals surface area contributed by atoms with Crippen molar-refractivity contribution in [1.29, 1.82) is 0 Å². The molecule has 1 aromatic rings. The van der Waals surface area contributed by atoms with Crippen molar-refractivity contribution < 1.29 is 14.3 Å². The van der Waals surface area contributed by atoms with Crippen molar-refractivity contribution in [2.75, 3.05) is 39.9 Å². The van der Waals surface area contributed by atoms with Crippen LogP contribution in [-0.2, 0) is 4.79 Å². The zero-order chi connectivity index (χ0) is 18.6. The fraction of sp³-hybridized carbons (Fsp3) is 0.571. The van der Waals surface area contributed by atoms with Gasteiger partial charge < -0.3 is 19.7 Å². The van der Waals surface area contributed by atoms with Crippen molar-refractivity contribution in [3.05, 3.63) is 29.8 Å². The van der Waals surface area contributed by atoms with Crippen LogP contribution in [0.5, 0.6) is 11.5 Å². The number of carbonyl (C=O) groups excluding carboxylic acids is 1. The maximum Gasteiger partial charge on any atom is 0.257 e. The molecule has 2 rings (SSSR count). The smallest absolute Gasteiger partial charge is 0.257 e. The van der Waals surface area contributed by atoms with E-state index in [1.165, 1.54) is 38.8 Å². The Balaban J connectivity index is 1.68. The molecule has 1 saturated heterocycles. The van der Waals surface area contributed by atoms with E-state index in [1.54, 1.807) is 7.11 Å². The van der Waals surface area contributed by atoms with E-state index in [0.29, 0.717) is 18.0 Å². The largest absolute Gasteiger partial charge is 0.493 e. The molecule has 0 atom stereocenters. The minimum Gasteiger partial charge on any atom is -0.493 e. The molecule has 1 N–H and O–H groups in total. The molecule has 0 spiro atoms. The number of rotatable bonds is 9. The Hall–Kier alpha value is -2.01. The fourth-order valence-electron chi connectivity index (χ4n) is 3.18. The minimum absolute atomic E-state index is 0.00301. The average molecular weight is 360 g/mol. The first kappa shape index (κ1) is 20.3. The van der Waals surface area contributed by atoms with Gasteiger partial charge >= 0.3 is 0 Å². The lowest BCUT2D eigenvalue weighted by atomic mass is 10.2. The molecule has 26 heavy (non-hydrogen) atoms. The molecule has 1 aliphatic rings. The molecule has 1 amide bonds. The number of carbonyl (C=O) groups is 1. The van der Waals surface area contributed by atoms with Crippen LogP contribution in [0, 0.1) is 0 Å². The maximum absolute atomic E-state index is 12.0. The van der Waals surface area contributed by atoms with Crippen LogP contribution >= 0.6 is 0 Å². The number of hydrogen-bond donors (Lipinski definition) is 1. The summed E-state index contributed by atoms with van der Waals surface area (Å²) in [6, 6.07) is 5.67. The highest BCUT2D eigenvalue weighted by atomic mass is 16.5. The number of methoxy groups -OCH3 is 1. The van der Waals surface area contributed by atoms with Crippen LogP contribution in [0.3, 0.4) is 0 Å². The fourth-order valence-corrected chi connectivity index (χ4v) is 3.18. The molecule has 0 saturated carbocycles. The van der Waals surface area contributed by atoms with Crippen LogP contribution in [0.1, 0.15) is 44.6 Å². The van der Waals surface area contributed by atoms with Crippen molar-refractivity contribution in [1.82, 2.24) is 10.2 Å². The van der Waals surface area contributed by atoms with Gasteiger partial charge in [0.15, 0.2) is 18.1 Å². The summed E-state index contributed by atoms with van der Waals surface area (Å²) in [4.78, 5) is 14.5. The summed E-state index contributed by atoms with van der Waals surface area (Å²) in [5, 5.41) is 2.93. The van der Waals surface area contributed by atoms with Crippen molar-refractivity contribution in [2.45, 2.75) is 39.0 Å². The van der Waals surface area contributed by atoms with Crippen LogP contribution in [0.2, 0.25) is 0 Å². The lowest BCUT2D eigenvalue weighted by Gasteiger charge is -2.19. The molecule has 1 aliphatic heterocycles. The molecule has 0 bridgehead atoms. The van der Waals surface area contributed by atoms with Crippen LogP contribution in [0.25, 0.3) is 6.08 Å². The van der Waals surface area contributed by atoms with Crippen molar-refractivity contribution in [2.24, 2.45) is 0 Å². The van der Waals surface area contributed by atoms with E-state index in [9.17, 15) is 4.79 Å². The summed E-state index contributed by atoms with van der Waals surface area (Å²) in [6.07, 6.45) is 10.2. The second kappa shape index (κ2) is 11.6. The summed E-state index contributed by atoms with van der Waals surface area (Å²) >= 11 is 0. The average Bonchev–Trinajstić information content (AvgIpc) is 2.93. The summed E-state index contributed by atoms with van der Waals surface area (Å²) in [5.74, 6) is 1.12. The minimum atomic E-state index is -0.0968. The van der Waals surface area contributed by atoms with E-state index in [0.717, 1.165) is 18.5 Å². The van der Waals surface area contributed by atoms with Gasteiger partial charge in [0.2, 0.25) is 0 Å². The molecule has 1 fully saturated rings. The van der Waals surface area contributed by atoms with Crippen molar-refractivity contribution >= 4 is 12.0 Å². The Morgan fingerprint density at radius 3 is 2.65 bits per heavy atom. The van der Waals surface area contributed by atoms with Crippen molar-refractivity contribution in [3.8, 4) is 11.5 Å². The predicted molar refractivity (Wildman–Crippen MR) is 106 cm³/mol. The summed E-state index contributed by atoms with van der Waals surface area (Å²) in [7, 11) is 1.60.